The topological polar surface area (TPSA) is 52.7 Å². The van der Waals surface area contributed by atoms with Crippen LogP contribution in [0.15, 0.2) is 0 Å². The smallest absolute Gasteiger partial charge is 0.240 e. The Morgan fingerprint density at radius 3 is 2.36 bits per heavy atom. The molecule has 1 aliphatic carbocycles. The van der Waals surface area contributed by atoms with Crippen molar-refractivity contribution < 1.29 is 9.59 Å². The Morgan fingerprint density at radius 1 is 1.05 bits per heavy atom. The molecule has 2 saturated heterocycles. The highest BCUT2D eigenvalue weighted by Gasteiger charge is 2.30. The Balaban J connectivity index is 1.38. The van der Waals surface area contributed by atoms with Crippen LogP contribution in [0, 0.1) is 5.92 Å². The highest BCUT2D eigenvalue weighted by atomic mass is 32.2. The number of piperazine rings is 1. The zero-order chi connectivity index (χ0) is 15.4. The second-order valence-electron chi connectivity index (χ2n) is 6.67. The van der Waals surface area contributed by atoms with E-state index in [-0.39, 0.29) is 17.9 Å². The number of rotatable bonds is 4. The normalized spacial score (nSPS) is 26.6. The maximum Gasteiger partial charge on any atom is 0.240 e. The molecule has 3 aliphatic rings. The monoisotopic (exact) mass is 325 g/mol. The highest BCUT2D eigenvalue weighted by Crippen LogP contribution is 2.28. The molecule has 124 valence electrons. The zero-order valence-electron chi connectivity index (χ0n) is 13.3. The van der Waals surface area contributed by atoms with Gasteiger partial charge in [-0.25, -0.2) is 0 Å². The van der Waals surface area contributed by atoms with Crippen LogP contribution in [-0.4, -0.2) is 65.5 Å². The van der Waals surface area contributed by atoms with Gasteiger partial charge in [0, 0.05) is 44.2 Å². The molecule has 1 atom stereocenters. The SMILES string of the molecule is O=C(CCC1CCCC1)N1CCN(C(=O)C2CSCN2)CC1. The molecule has 1 unspecified atom stereocenters. The maximum atomic E-state index is 12.3. The van der Waals surface area contributed by atoms with Crippen molar-refractivity contribution >= 4 is 23.6 Å². The molecule has 0 radical (unpaired) electrons. The molecule has 5 nitrogen and oxygen atoms in total. The largest absolute Gasteiger partial charge is 0.339 e. The number of nitrogens with one attached hydrogen (secondary N) is 1. The van der Waals surface area contributed by atoms with Crippen molar-refractivity contribution in [2.24, 2.45) is 5.92 Å². The number of hydrogen-bond donors (Lipinski definition) is 1. The van der Waals surface area contributed by atoms with Crippen molar-refractivity contribution in [3.8, 4) is 0 Å². The first-order chi connectivity index (χ1) is 10.7. The maximum absolute atomic E-state index is 12.3. The van der Waals surface area contributed by atoms with E-state index in [9.17, 15) is 9.59 Å². The summed E-state index contributed by atoms with van der Waals surface area (Å²) < 4.78 is 0. The van der Waals surface area contributed by atoms with E-state index in [1.165, 1.54) is 25.7 Å². The van der Waals surface area contributed by atoms with Crippen molar-refractivity contribution in [3.05, 3.63) is 0 Å². The fraction of sp³-hybridized carbons (Fsp3) is 0.875. The molecule has 1 saturated carbocycles. The van der Waals surface area contributed by atoms with Crippen LogP contribution in [0.5, 0.6) is 0 Å². The fourth-order valence-electron chi connectivity index (χ4n) is 3.74. The summed E-state index contributed by atoms with van der Waals surface area (Å²) in [4.78, 5) is 28.5. The van der Waals surface area contributed by atoms with Crippen LogP contribution in [0.2, 0.25) is 0 Å². The number of carbonyl (C=O) groups excluding carboxylic acids is 2. The molecule has 3 rings (SSSR count). The van der Waals surface area contributed by atoms with Gasteiger partial charge < -0.3 is 9.80 Å². The quantitative estimate of drug-likeness (QED) is 0.846. The molecule has 2 heterocycles. The zero-order valence-corrected chi connectivity index (χ0v) is 14.1. The lowest BCUT2D eigenvalue weighted by molar-refractivity contribution is -0.140. The van der Waals surface area contributed by atoms with Gasteiger partial charge in [0.1, 0.15) is 0 Å². The molecule has 6 heteroatoms. The van der Waals surface area contributed by atoms with Gasteiger partial charge in [0.05, 0.1) is 6.04 Å². The highest BCUT2D eigenvalue weighted by molar-refractivity contribution is 7.99. The summed E-state index contributed by atoms with van der Waals surface area (Å²) in [7, 11) is 0. The van der Waals surface area contributed by atoms with Gasteiger partial charge in [-0.2, -0.15) is 0 Å². The second-order valence-corrected chi connectivity index (χ2v) is 7.70. The molecule has 2 aliphatic heterocycles. The molecule has 0 spiro atoms. The van der Waals surface area contributed by atoms with Gasteiger partial charge >= 0.3 is 0 Å². The van der Waals surface area contributed by atoms with Gasteiger partial charge in [-0.1, -0.05) is 25.7 Å². The van der Waals surface area contributed by atoms with Crippen LogP contribution in [0.3, 0.4) is 0 Å². The summed E-state index contributed by atoms with van der Waals surface area (Å²) in [6.07, 6.45) is 7.05. The van der Waals surface area contributed by atoms with E-state index in [4.69, 9.17) is 0 Å². The van der Waals surface area contributed by atoms with Crippen LogP contribution in [0.25, 0.3) is 0 Å². The number of nitrogens with zero attached hydrogens (tertiary/aromatic N) is 2. The molecule has 3 fully saturated rings. The molecule has 0 aromatic heterocycles. The van der Waals surface area contributed by atoms with Crippen LogP contribution in [0.1, 0.15) is 38.5 Å². The van der Waals surface area contributed by atoms with Crippen LogP contribution in [-0.2, 0) is 9.59 Å². The van der Waals surface area contributed by atoms with E-state index in [2.05, 4.69) is 5.32 Å². The minimum atomic E-state index is -0.0189. The van der Waals surface area contributed by atoms with E-state index in [0.29, 0.717) is 32.6 Å². The lowest BCUT2D eigenvalue weighted by atomic mass is 10.0. The standard InChI is InChI=1S/C16H27N3O2S/c20-15(6-5-13-3-1-2-4-13)18-7-9-19(10-8-18)16(21)14-11-22-12-17-14/h13-14,17H,1-12H2. The summed E-state index contributed by atoms with van der Waals surface area (Å²) in [5, 5.41) is 3.23. The summed E-state index contributed by atoms with van der Waals surface area (Å²) in [6.45, 7) is 2.79. The predicted octanol–water partition coefficient (Wildman–Crippen LogP) is 1.29. The number of hydrogen-bond acceptors (Lipinski definition) is 4. The molecule has 0 aromatic rings. The summed E-state index contributed by atoms with van der Waals surface area (Å²) >= 11 is 1.78. The second kappa shape index (κ2) is 7.68. The Labute approximate surface area is 137 Å². The van der Waals surface area contributed by atoms with E-state index < -0.39 is 0 Å². The van der Waals surface area contributed by atoms with Gasteiger partial charge in [0.2, 0.25) is 11.8 Å². The van der Waals surface area contributed by atoms with Crippen LogP contribution < -0.4 is 5.32 Å². The molecule has 1 N–H and O–H groups in total. The molecular formula is C16H27N3O2S. The third-order valence-corrected chi connectivity index (χ3v) is 6.14. The summed E-state index contributed by atoms with van der Waals surface area (Å²) in [5.74, 6) is 3.02. The Morgan fingerprint density at radius 2 is 1.73 bits per heavy atom. The predicted molar refractivity (Wildman–Crippen MR) is 88.6 cm³/mol. The number of amides is 2. The van der Waals surface area contributed by atoms with Gasteiger partial charge in [0.15, 0.2) is 0 Å². The van der Waals surface area contributed by atoms with Crippen molar-refractivity contribution in [1.82, 2.24) is 15.1 Å². The van der Waals surface area contributed by atoms with E-state index in [1.807, 2.05) is 9.80 Å². The minimum Gasteiger partial charge on any atom is -0.339 e. The first-order valence-electron chi connectivity index (χ1n) is 8.62. The minimum absolute atomic E-state index is 0.0189. The van der Waals surface area contributed by atoms with Crippen molar-refractivity contribution in [2.75, 3.05) is 37.8 Å². The summed E-state index contributed by atoms with van der Waals surface area (Å²) in [5.41, 5.74) is 0. The van der Waals surface area contributed by atoms with E-state index in [1.54, 1.807) is 11.8 Å². The molecule has 0 bridgehead atoms. The third kappa shape index (κ3) is 3.96. The van der Waals surface area contributed by atoms with Crippen molar-refractivity contribution in [3.63, 3.8) is 0 Å². The molecule has 0 aromatic carbocycles. The van der Waals surface area contributed by atoms with Crippen LogP contribution >= 0.6 is 11.8 Å². The summed E-state index contributed by atoms with van der Waals surface area (Å²) in [6, 6.07) is -0.0189. The average molecular weight is 325 g/mol. The Bertz CT molecular complexity index is 398. The first kappa shape index (κ1) is 16.1. The van der Waals surface area contributed by atoms with Gasteiger partial charge in [0.25, 0.3) is 0 Å². The lowest BCUT2D eigenvalue weighted by Gasteiger charge is -2.36. The van der Waals surface area contributed by atoms with Crippen molar-refractivity contribution in [2.45, 2.75) is 44.6 Å². The molecule has 2 amide bonds. The number of thioether (sulfide) groups is 1. The fourth-order valence-corrected chi connectivity index (χ4v) is 4.67. The van der Waals surface area contributed by atoms with Crippen LogP contribution in [0.4, 0.5) is 0 Å². The van der Waals surface area contributed by atoms with Gasteiger partial charge in [-0.05, 0) is 12.3 Å². The van der Waals surface area contributed by atoms with E-state index >= 15 is 0 Å². The number of carbonyl (C=O) groups is 2. The first-order valence-corrected chi connectivity index (χ1v) is 9.77. The Kier molecular flexibility index (Phi) is 5.63. The van der Waals surface area contributed by atoms with E-state index in [0.717, 1.165) is 24.0 Å². The van der Waals surface area contributed by atoms with Crippen molar-refractivity contribution in [1.29, 1.82) is 0 Å². The lowest BCUT2D eigenvalue weighted by Crippen LogP contribution is -2.54. The van der Waals surface area contributed by atoms with Gasteiger partial charge in [-0.3, -0.25) is 14.9 Å². The van der Waals surface area contributed by atoms with Gasteiger partial charge in [-0.15, -0.1) is 11.8 Å². The molecular weight excluding hydrogens is 298 g/mol. The Hall–Kier alpha value is -0.750. The average Bonchev–Trinajstić information content (AvgIpc) is 3.25. The third-order valence-electron chi connectivity index (χ3n) is 5.20. The molecule has 22 heavy (non-hydrogen) atoms.